The van der Waals surface area contributed by atoms with E-state index in [1.165, 1.54) is 6.07 Å². The number of ether oxygens (including phenoxy) is 1. The molecule has 4 rings (SSSR count). The number of nitrogens with zero attached hydrogens (tertiary/aromatic N) is 1. The van der Waals surface area contributed by atoms with Crippen molar-refractivity contribution in [3.05, 3.63) is 64.7 Å². The summed E-state index contributed by atoms with van der Waals surface area (Å²) in [5, 5.41) is 3.28. The van der Waals surface area contributed by atoms with Gasteiger partial charge in [0.2, 0.25) is 12.0 Å². The van der Waals surface area contributed by atoms with Crippen LogP contribution in [0.15, 0.2) is 48.5 Å². The van der Waals surface area contributed by atoms with Crippen LogP contribution >= 0.6 is 11.6 Å². The molecule has 2 aromatic carbocycles. The summed E-state index contributed by atoms with van der Waals surface area (Å²) in [5.41, 5.74) is 1.33. The summed E-state index contributed by atoms with van der Waals surface area (Å²) in [4.78, 5) is 39.2. The minimum absolute atomic E-state index is 0.0246. The first kappa shape index (κ1) is 19.5. The maximum Gasteiger partial charge on any atom is 0.339 e. The van der Waals surface area contributed by atoms with E-state index in [1.807, 2.05) is 6.07 Å². The Morgan fingerprint density at radius 1 is 1.14 bits per heavy atom. The lowest BCUT2D eigenvalue weighted by Crippen LogP contribution is -2.33. The molecule has 7 heteroatoms. The average Bonchev–Trinajstić information content (AvgIpc) is 3.44. The number of carbonyl (C=O) groups is 3. The van der Waals surface area contributed by atoms with E-state index in [-0.39, 0.29) is 23.4 Å². The molecule has 0 unspecified atom stereocenters. The largest absolute Gasteiger partial charge is 0.444 e. The van der Waals surface area contributed by atoms with E-state index in [2.05, 4.69) is 5.32 Å². The van der Waals surface area contributed by atoms with Crippen molar-refractivity contribution in [2.75, 3.05) is 11.4 Å². The molecule has 1 atom stereocenters. The van der Waals surface area contributed by atoms with Gasteiger partial charge in [0, 0.05) is 24.6 Å². The van der Waals surface area contributed by atoms with Crippen LogP contribution in [0.2, 0.25) is 5.02 Å². The lowest BCUT2D eigenvalue weighted by molar-refractivity contribution is -0.130. The summed E-state index contributed by atoms with van der Waals surface area (Å²) < 4.78 is 5.60. The first-order valence-corrected chi connectivity index (χ1v) is 10.1. The number of carbonyl (C=O) groups excluding carboxylic acids is 3. The molecular weight excluding hydrogens is 392 g/mol. The molecule has 1 saturated heterocycles. The monoisotopic (exact) mass is 412 g/mol. The van der Waals surface area contributed by atoms with E-state index in [1.54, 1.807) is 41.3 Å². The quantitative estimate of drug-likeness (QED) is 0.735. The molecule has 29 heavy (non-hydrogen) atoms. The first-order valence-electron chi connectivity index (χ1n) is 9.69. The third kappa shape index (κ3) is 4.43. The molecule has 2 aromatic rings. The van der Waals surface area contributed by atoms with E-state index < -0.39 is 12.1 Å². The molecule has 1 aliphatic heterocycles. The average molecular weight is 413 g/mol. The van der Waals surface area contributed by atoms with E-state index in [0.717, 1.165) is 19.3 Å². The molecule has 0 bridgehead atoms. The minimum Gasteiger partial charge on any atom is -0.444 e. The summed E-state index contributed by atoms with van der Waals surface area (Å²) in [6.07, 6.45) is 2.04. The Labute approximate surface area is 173 Å². The molecule has 1 heterocycles. The molecule has 1 N–H and O–H groups in total. The minimum atomic E-state index is -1.04. The van der Waals surface area contributed by atoms with Gasteiger partial charge in [-0.1, -0.05) is 41.9 Å². The maximum absolute atomic E-state index is 12.8. The van der Waals surface area contributed by atoms with Gasteiger partial charge in [-0.15, -0.1) is 0 Å². The van der Waals surface area contributed by atoms with Gasteiger partial charge in [-0.05, 0) is 37.5 Å². The Bertz CT molecular complexity index is 943. The van der Waals surface area contributed by atoms with Crippen molar-refractivity contribution in [3.8, 4) is 0 Å². The molecule has 2 aliphatic rings. The summed E-state index contributed by atoms with van der Waals surface area (Å²) >= 11 is 6.25. The van der Waals surface area contributed by atoms with Crippen LogP contribution in [-0.4, -0.2) is 30.4 Å². The maximum atomic E-state index is 12.8. The molecule has 150 valence electrons. The lowest BCUT2D eigenvalue weighted by atomic mass is 10.1. The molecule has 6 nitrogen and oxygen atoms in total. The predicted octanol–water partition coefficient (Wildman–Crippen LogP) is 3.64. The number of hydrogen-bond donors (Lipinski definition) is 1. The van der Waals surface area contributed by atoms with E-state index >= 15 is 0 Å². The van der Waals surface area contributed by atoms with Crippen molar-refractivity contribution >= 4 is 35.1 Å². The van der Waals surface area contributed by atoms with Crippen LogP contribution in [0.3, 0.4) is 0 Å². The second kappa shape index (κ2) is 8.25. The Hall–Kier alpha value is -2.86. The molecule has 1 saturated carbocycles. The SMILES string of the molecule is O=C(O[C@H](C(=O)NC1CC1)c1ccccc1)c1ccc(Cl)c(N2CCCC2=O)c1. The molecule has 0 spiro atoms. The fourth-order valence-electron chi connectivity index (χ4n) is 3.33. The van der Waals surface area contributed by atoms with Crippen LogP contribution in [0.5, 0.6) is 0 Å². The number of halogens is 1. The van der Waals surface area contributed by atoms with Gasteiger partial charge >= 0.3 is 5.97 Å². The van der Waals surface area contributed by atoms with Gasteiger partial charge in [0.15, 0.2) is 0 Å². The van der Waals surface area contributed by atoms with Crippen molar-refractivity contribution < 1.29 is 19.1 Å². The molecule has 2 amide bonds. The predicted molar refractivity (Wildman–Crippen MR) is 109 cm³/mol. The molecule has 0 radical (unpaired) electrons. The van der Waals surface area contributed by atoms with Gasteiger partial charge in [0.1, 0.15) is 0 Å². The Morgan fingerprint density at radius 2 is 1.90 bits per heavy atom. The van der Waals surface area contributed by atoms with Crippen LogP contribution in [0.1, 0.15) is 47.7 Å². The molecular formula is C22H21ClN2O4. The number of hydrogen-bond acceptors (Lipinski definition) is 4. The topological polar surface area (TPSA) is 75.7 Å². The van der Waals surface area contributed by atoms with E-state index in [4.69, 9.17) is 16.3 Å². The summed E-state index contributed by atoms with van der Waals surface area (Å²) in [5.74, 6) is -1.01. The zero-order chi connectivity index (χ0) is 20.4. The number of benzene rings is 2. The van der Waals surface area contributed by atoms with Crippen molar-refractivity contribution in [1.82, 2.24) is 5.32 Å². The zero-order valence-electron chi connectivity index (χ0n) is 15.8. The Morgan fingerprint density at radius 3 is 2.55 bits per heavy atom. The van der Waals surface area contributed by atoms with Gasteiger partial charge in [0.05, 0.1) is 16.3 Å². The third-order valence-electron chi connectivity index (χ3n) is 5.04. The van der Waals surface area contributed by atoms with Crippen LogP contribution in [-0.2, 0) is 14.3 Å². The van der Waals surface area contributed by atoms with Crippen LogP contribution < -0.4 is 10.2 Å². The van der Waals surface area contributed by atoms with E-state index in [0.29, 0.717) is 29.2 Å². The lowest BCUT2D eigenvalue weighted by Gasteiger charge is -2.20. The van der Waals surface area contributed by atoms with Crippen molar-refractivity contribution in [2.24, 2.45) is 0 Å². The van der Waals surface area contributed by atoms with Crippen LogP contribution in [0.4, 0.5) is 5.69 Å². The van der Waals surface area contributed by atoms with Crippen LogP contribution in [0, 0.1) is 0 Å². The van der Waals surface area contributed by atoms with Crippen molar-refractivity contribution in [2.45, 2.75) is 37.8 Å². The standard InChI is InChI=1S/C22H21ClN2O4/c23-17-11-8-15(13-18(17)25-12-4-7-19(25)26)22(28)29-20(14-5-2-1-3-6-14)21(27)24-16-9-10-16/h1-3,5-6,8,11,13,16,20H,4,7,9-10,12H2,(H,24,27)/t20-/m0/s1. The highest BCUT2D eigenvalue weighted by atomic mass is 35.5. The first-order chi connectivity index (χ1) is 14.0. The zero-order valence-corrected chi connectivity index (χ0v) is 16.5. The second-order valence-corrected chi connectivity index (χ2v) is 7.70. The Balaban J connectivity index is 1.57. The van der Waals surface area contributed by atoms with E-state index in [9.17, 15) is 14.4 Å². The van der Waals surface area contributed by atoms with Crippen molar-refractivity contribution in [1.29, 1.82) is 0 Å². The number of amides is 2. The second-order valence-electron chi connectivity index (χ2n) is 7.29. The smallest absolute Gasteiger partial charge is 0.339 e. The van der Waals surface area contributed by atoms with Gasteiger partial charge in [0.25, 0.3) is 5.91 Å². The van der Waals surface area contributed by atoms with Gasteiger partial charge in [-0.3, -0.25) is 9.59 Å². The van der Waals surface area contributed by atoms with Gasteiger partial charge in [-0.2, -0.15) is 0 Å². The molecule has 2 fully saturated rings. The fourth-order valence-corrected chi connectivity index (χ4v) is 3.55. The fraction of sp³-hybridized carbons (Fsp3) is 0.318. The summed E-state index contributed by atoms with van der Waals surface area (Å²) in [7, 11) is 0. The highest BCUT2D eigenvalue weighted by Crippen LogP contribution is 2.31. The Kier molecular flexibility index (Phi) is 5.53. The molecule has 0 aromatic heterocycles. The number of anilines is 1. The van der Waals surface area contributed by atoms with Gasteiger partial charge < -0.3 is 15.0 Å². The number of rotatable bonds is 6. The number of nitrogens with one attached hydrogen (secondary N) is 1. The number of esters is 1. The highest BCUT2D eigenvalue weighted by molar-refractivity contribution is 6.34. The third-order valence-corrected chi connectivity index (χ3v) is 5.35. The molecule has 1 aliphatic carbocycles. The highest BCUT2D eigenvalue weighted by Gasteiger charge is 2.31. The normalized spacial score (nSPS) is 17.1. The summed E-state index contributed by atoms with van der Waals surface area (Å²) in [6.45, 7) is 0.563. The van der Waals surface area contributed by atoms with Crippen LogP contribution in [0.25, 0.3) is 0 Å². The van der Waals surface area contributed by atoms with Gasteiger partial charge in [-0.25, -0.2) is 4.79 Å². The summed E-state index contributed by atoms with van der Waals surface area (Å²) in [6, 6.07) is 13.7. The van der Waals surface area contributed by atoms with Crippen molar-refractivity contribution in [3.63, 3.8) is 0 Å².